The van der Waals surface area contributed by atoms with Crippen molar-refractivity contribution in [3.8, 4) is 0 Å². The van der Waals surface area contributed by atoms with E-state index in [1.165, 1.54) is 12.8 Å². The average Bonchev–Trinajstić information content (AvgIpc) is 3.24. The van der Waals surface area contributed by atoms with Crippen molar-refractivity contribution >= 4 is 17.4 Å². The van der Waals surface area contributed by atoms with Gasteiger partial charge in [-0.05, 0) is 31.4 Å². The number of pyridine rings is 1. The number of aryl methyl sites for hydroxylation is 1. The normalized spacial score (nSPS) is 14.6. The van der Waals surface area contributed by atoms with Gasteiger partial charge in [-0.1, -0.05) is 17.8 Å². The van der Waals surface area contributed by atoms with Gasteiger partial charge in [-0.2, -0.15) is 0 Å². The SMILES string of the molecule is Cc1ccc2nc(CSc3nncn3C3CC3)cc(=O)n2c1. The van der Waals surface area contributed by atoms with E-state index in [4.69, 9.17) is 0 Å². The Kier molecular flexibility index (Phi) is 3.22. The number of thioether (sulfide) groups is 1. The summed E-state index contributed by atoms with van der Waals surface area (Å²) >= 11 is 1.57. The van der Waals surface area contributed by atoms with Gasteiger partial charge in [0.05, 0.1) is 5.69 Å². The van der Waals surface area contributed by atoms with Crippen LogP contribution in [0.2, 0.25) is 0 Å². The maximum absolute atomic E-state index is 12.2. The molecule has 0 saturated heterocycles. The molecule has 0 amide bonds. The third-order valence-corrected chi connectivity index (χ3v) is 4.68. The molecule has 7 heteroatoms. The topological polar surface area (TPSA) is 65.1 Å². The summed E-state index contributed by atoms with van der Waals surface area (Å²) in [5, 5.41) is 9.03. The zero-order chi connectivity index (χ0) is 15.1. The highest BCUT2D eigenvalue weighted by Gasteiger charge is 2.26. The van der Waals surface area contributed by atoms with Gasteiger partial charge in [0.15, 0.2) is 5.16 Å². The number of rotatable bonds is 4. The first-order valence-corrected chi connectivity index (χ1v) is 8.20. The fourth-order valence-corrected chi connectivity index (χ4v) is 3.28. The first-order valence-electron chi connectivity index (χ1n) is 7.22. The van der Waals surface area contributed by atoms with Crippen LogP contribution < -0.4 is 5.56 Å². The summed E-state index contributed by atoms with van der Waals surface area (Å²) < 4.78 is 3.69. The summed E-state index contributed by atoms with van der Waals surface area (Å²) in [5.74, 6) is 0.616. The molecule has 0 atom stereocenters. The van der Waals surface area contributed by atoms with Crippen LogP contribution in [0, 0.1) is 6.92 Å². The molecular weight excluding hydrogens is 298 g/mol. The summed E-state index contributed by atoms with van der Waals surface area (Å²) in [6.45, 7) is 1.96. The van der Waals surface area contributed by atoms with Gasteiger partial charge < -0.3 is 4.57 Å². The van der Waals surface area contributed by atoms with Gasteiger partial charge in [0.25, 0.3) is 5.56 Å². The predicted octanol–water partition coefficient (Wildman–Crippen LogP) is 2.22. The molecule has 0 radical (unpaired) electrons. The van der Waals surface area contributed by atoms with Crippen molar-refractivity contribution in [2.24, 2.45) is 0 Å². The van der Waals surface area contributed by atoms with Gasteiger partial charge in [-0.25, -0.2) is 4.98 Å². The van der Waals surface area contributed by atoms with Gasteiger partial charge in [0, 0.05) is 24.1 Å². The second-order valence-electron chi connectivity index (χ2n) is 5.56. The van der Waals surface area contributed by atoms with E-state index >= 15 is 0 Å². The molecule has 3 aromatic rings. The zero-order valence-electron chi connectivity index (χ0n) is 12.1. The Morgan fingerprint density at radius 2 is 2.23 bits per heavy atom. The Morgan fingerprint density at radius 3 is 3.05 bits per heavy atom. The molecule has 1 fully saturated rings. The quantitative estimate of drug-likeness (QED) is 0.691. The van der Waals surface area contributed by atoms with Crippen molar-refractivity contribution in [1.29, 1.82) is 0 Å². The molecule has 1 aliphatic carbocycles. The van der Waals surface area contributed by atoms with Crippen LogP contribution >= 0.6 is 11.8 Å². The average molecular weight is 313 g/mol. The Labute approximate surface area is 131 Å². The molecule has 0 aliphatic heterocycles. The fourth-order valence-electron chi connectivity index (χ4n) is 2.41. The minimum absolute atomic E-state index is 0.0482. The van der Waals surface area contributed by atoms with Crippen molar-refractivity contribution in [1.82, 2.24) is 24.1 Å². The van der Waals surface area contributed by atoms with Crippen LogP contribution in [0.1, 0.15) is 30.1 Å². The molecular formula is C15H15N5OS. The van der Waals surface area contributed by atoms with E-state index in [0.717, 1.165) is 16.4 Å². The lowest BCUT2D eigenvalue weighted by Gasteiger charge is -2.06. The second kappa shape index (κ2) is 5.24. The third kappa shape index (κ3) is 2.52. The molecule has 0 spiro atoms. The van der Waals surface area contributed by atoms with Crippen LogP contribution in [0.5, 0.6) is 0 Å². The highest BCUT2D eigenvalue weighted by atomic mass is 32.2. The molecule has 1 aliphatic rings. The van der Waals surface area contributed by atoms with E-state index in [2.05, 4.69) is 19.7 Å². The first kappa shape index (κ1) is 13.5. The molecule has 0 unspecified atom stereocenters. The van der Waals surface area contributed by atoms with Crippen molar-refractivity contribution in [3.63, 3.8) is 0 Å². The van der Waals surface area contributed by atoms with Gasteiger partial charge in [0.2, 0.25) is 0 Å². The van der Waals surface area contributed by atoms with Crippen LogP contribution in [0.3, 0.4) is 0 Å². The van der Waals surface area contributed by atoms with Gasteiger partial charge in [-0.3, -0.25) is 9.20 Å². The number of hydrogen-bond acceptors (Lipinski definition) is 5. The minimum atomic E-state index is -0.0482. The standard InChI is InChI=1S/C15H15N5OS/c1-10-2-5-13-17-11(6-14(21)19(13)7-10)8-22-15-18-16-9-20(15)12-3-4-12/h2,5-7,9,12H,3-4,8H2,1H3. The number of nitrogens with zero attached hydrogens (tertiary/aromatic N) is 5. The van der Waals surface area contributed by atoms with E-state index < -0.39 is 0 Å². The smallest absolute Gasteiger partial charge is 0.258 e. The van der Waals surface area contributed by atoms with Gasteiger partial charge >= 0.3 is 0 Å². The minimum Gasteiger partial charge on any atom is -0.306 e. The maximum atomic E-state index is 12.2. The molecule has 0 bridgehead atoms. The second-order valence-corrected chi connectivity index (χ2v) is 6.50. The summed E-state index contributed by atoms with van der Waals surface area (Å²) in [4.78, 5) is 16.7. The lowest BCUT2D eigenvalue weighted by molar-refractivity contribution is 0.663. The molecule has 1 saturated carbocycles. The fraction of sp³-hybridized carbons (Fsp3) is 0.333. The van der Waals surface area contributed by atoms with Crippen LogP contribution in [0.15, 0.2) is 40.7 Å². The Balaban J connectivity index is 1.60. The first-order chi connectivity index (χ1) is 10.7. The zero-order valence-corrected chi connectivity index (χ0v) is 13.0. The highest BCUT2D eigenvalue weighted by molar-refractivity contribution is 7.98. The maximum Gasteiger partial charge on any atom is 0.258 e. The van der Waals surface area contributed by atoms with E-state index in [9.17, 15) is 4.79 Å². The predicted molar refractivity (Wildman–Crippen MR) is 84.1 cm³/mol. The largest absolute Gasteiger partial charge is 0.306 e. The molecule has 22 heavy (non-hydrogen) atoms. The molecule has 6 nitrogen and oxygen atoms in total. The molecule has 0 N–H and O–H groups in total. The van der Waals surface area contributed by atoms with Crippen molar-refractivity contribution in [2.75, 3.05) is 0 Å². The van der Waals surface area contributed by atoms with Crippen molar-refractivity contribution in [3.05, 3.63) is 52.3 Å². The molecule has 112 valence electrons. The van der Waals surface area contributed by atoms with Crippen molar-refractivity contribution in [2.45, 2.75) is 36.7 Å². The van der Waals surface area contributed by atoms with E-state index in [1.54, 1.807) is 28.6 Å². The third-order valence-electron chi connectivity index (χ3n) is 3.69. The number of aromatic nitrogens is 5. The Morgan fingerprint density at radius 1 is 1.36 bits per heavy atom. The summed E-state index contributed by atoms with van der Waals surface area (Å²) in [6, 6.07) is 5.98. The van der Waals surface area contributed by atoms with E-state index in [-0.39, 0.29) is 5.56 Å². The van der Waals surface area contributed by atoms with Gasteiger partial charge in [-0.15, -0.1) is 10.2 Å². The Hall–Kier alpha value is -2.15. The monoisotopic (exact) mass is 313 g/mol. The molecule has 0 aromatic carbocycles. The molecule has 4 rings (SSSR count). The van der Waals surface area contributed by atoms with Crippen LogP contribution in [-0.2, 0) is 5.75 Å². The number of hydrogen-bond donors (Lipinski definition) is 0. The Bertz CT molecular complexity index is 896. The van der Waals surface area contributed by atoms with Gasteiger partial charge in [0.1, 0.15) is 12.0 Å². The van der Waals surface area contributed by atoms with E-state index in [0.29, 0.717) is 17.4 Å². The summed E-state index contributed by atoms with van der Waals surface area (Å²) in [7, 11) is 0. The summed E-state index contributed by atoms with van der Waals surface area (Å²) in [5.41, 5.74) is 2.44. The van der Waals surface area contributed by atoms with E-state index in [1.807, 2.05) is 25.3 Å². The van der Waals surface area contributed by atoms with Crippen LogP contribution in [0.4, 0.5) is 0 Å². The number of fused-ring (bicyclic) bond motifs is 1. The summed E-state index contributed by atoms with van der Waals surface area (Å²) in [6.07, 6.45) is 5.98. The molecule has 3 aromatic heterocycles. The molecule has 3 heterocycles. The van der Waals surface area contributed by atoms with Crippen LogP contribution in [-0.4, -0.2) is 24.1 Å². The van der Waals surface area contributed by atoms with Crippen molar-refractivity contribution < 1.29 is 0 Å². The lowest BCUT2D eigenvalue weighted by atomic mass is 10.3. The highest BCUT2D eigenvalue weighted by Crippen LogP contribution is 2.37. The lowest BCUT2D eigenvalue weighted by Crippen LogP contribution is -2.15. The van der Waals surface area contributed by atoms with Crippen LogP contribution in [0.25, 0.3) is 5.65 Å².